The van der Waals surface area contributed by atoms with Crippen molar-refractivity contribution in [2.75, 3.05) is 12.9 Å². The normalized spacial score (nSPS) is 26.4. The Balaban J connectivity index is 1.60. The molecule has 2 aromatic carbocycles. The SMILES string of the molecule is CCOC(=O)C1=C[C@@H](c2cn(S(C)(=O)=O)c3ccccc23)N2[C@H](O[C@@H]3Cc4cccc(C(C)C)c4[C@@H]32)[C@H]1CC. The summed E-state index contributed by atoms with van der Waals surface area (Å²) in [6.45, 7) is 8.62. The molecule has 7 nitrogen and oxygen atoms in total. The standard InChI is InChI=1S/C31H36N2O5S/c1-6-20-23(31(34)37-7-2)16-26(24-17-32(39(5,35)36)25-14-9-8-12-22(24)25)33-29-27(38-30(20)33)15-19-11-10-13-21(18(3)4)28(19)29/h8-14,16-18,20,26-27,29-30H,6-7,15H2,1-5H3/t20-,26-,27+,29+,30+/m0/s1. The maximum Gasteiger partial charge on any atom is 0.334 e. The summed E-state index contributed by atoms with van der Waals surface area (Å²) in [4.78, 5) is 15.7. The van der Waals surface area contributed by atoms with Gasteiger partial charge in [-0.2, -0.15) is 0 Å². The third kappa shape index (κ3) is 4.07. The van der Waals surface area contributed by atoms with Gasteiger partial charge in [0.25, 0.3) is 0 Å². The number of ether oxygens (including phenoxy) is 2. The Labute approximate surface area is 230 Å². The van der Waals surface area contributed by atoms with Crippen LogP contribution in [0.15, 0.2) is 60.3 Å². The first-order chi connectivity index (χ1) is 18.7. The molecule has 6 rings (SSSR count). The summed E-state index contributed by atoms with van der Waals surface area (Å²) in [6.07, 6.45) is 6.13. The highest BCUT2D eigenvalue weighted by molar-refractivity contribution is 7.89. The summed E-state index contributed by atoms with van der Waals surface area (Å²) in [6, 6.07) is 13.7. The van der Waals surface area contributed by atoms with Crippen molar-refractivity contribution < 1.29 is 22.7 Å². The van der Waals surface area contributed by atoms with E-state index in [0.29, 0.717) is 17.0 Å². The summed E-state index contributed by atoms with van der Waals surface area (Å²) in [5.74, 6) is -0.130. The molecule has 0 bridgehead atoms. The molecule has 0 spiro atoms. The molecule has 2 aliphatic heterocycles. The minimum atomic E-state index is -3.55. The number of fused-ring (bicyclic) bond motifs is 6. The van der Waals surface area contributed by atoms with Gasteiger partial charge in [-0.15, -0.1) is 0 Å². The van der Waals surface area contributed by atoms with E-state index in [4.69, 9.17) is 9.47 Å². The number of hydrogen-bond donors (Lipinski definition) is 0. The smallest absolute Gasteiger partial charge is 0.334 e. The van der Waals surface area contributed by atoms with Gasteiger partial charge in [0.2, 0.25) is 10.0 Å². The average molecular weight is 549 g/mol. The number of rotatable bonds is 6. The molecular formula is C31H36N2O5S. The van der Waals surface area contributed by atoms with E-state index in [1.54, 1.807) is 6.20 Å². The van der Waals surface area contributed by atoms with Crippen molar-refractivity contribution in [1.82, 2.24) is 8.87 Å². The van der Waals surface area contributed by atoms with Crippen LogP contribution in [0.1, 0.15) is 74.4 Å². The summed E-state index contributed by atoms with van der Waals surface area (Å²) in [7, 11) is -3.55. The molecule has 0 radical (unpaired) electrons. The lowest BCUT2D eigenvalue weighted by molar-refractivity contribution is -0.141. The number of benzene rings is 2. The van der Waals surface area contributed by atoms with Crippen molar-refractivity contribution >= 4 is 26.9 Å². The highest BCUT2D eigenvalue weighted by Gasteiger charge is 2.56. The number of nitrogens with zero attached hydrogens (tertiary/aromatic N) is 2. The van der Waals surface area contributed by atoms with E-state index in [-0.39, 0.29) is 42.9 Å². The van der Waals surface area contributed by atoms with Gasteiger partial charge < -0.3 is 9.47 Å². The number of aromatic nitrogens is 1. The lowest BCUT2D eigenvalue weighted by Gasteiger charge is -2.42. The zero-order valence-corrected chi connectivity index (χ0v) is 23.9. The number of hydrogen-bond acceptors (Lipinski definition) is 6. The molecule has 0 saturated carbocycles. The molecule has 1 aromatic heterocycles. The van der Waals surface area contributed by atoms with E-state index in [2.05, 4.69) is 43.9 Å². The lowest BCUT2D eigenvalue weighted by atomic mass is 9.83. The largest absolute Gasteiger partial charge is 0.463 e. The van der Waals surface area contributed by atoms with Crippen molar-refractivity contribution in [3.05, 3.63) is 82.6 Å². The Bertz CT molecular complexity index is 1590. The molecule has 3 aliphatic rings. The Kier molecular flexibility index (Phi) is 6.48. The Hall–Kier alpha value is -2.94. The minimum Gasteiger partial charge on any atom is -0.463 e. The Morgan fingerprint density at radius 2 is 1.90 bits per heavy atom. The van der Waals surface area contributed by atoms with E-state index in [0.717, 1.165) is 23.8 Å². The predicted octanol–water partition coefficient (Wildman–Crippen LogP) is 5.47. The fourth-order valence-corrected chi connectivity index (χ4v) is 7.84. The molecule has 1 aliphatic carbocycles. The maximum absolute atomic E-state index is 13.3. The predicted molar refractivity (Wildman–Crippen MR) is 151 cm³/mol. The number of para-hydroxylation sites is 1. The van der Waals surface area contributed by atoms with Gasteiger partial charge in [-0.25, -0.2) is 17.2 Å². The second kappa shape index (κ2) is 9.61. The van der Waals surface area contributed by atoms with Gasteiger partial charge in [0.05, 0.1) is 36.6 Å². The number of esters is 1. The van der Waals surface area contributed by atoms with Gasteiger partial charge in [0.1, 0.15) is 6.23 Å². The van der Waals surface area contributed by atoms with E-state index < -0.39 is 10.0 Å². The van der Waals surface area contributed by atoms with Gasteiger partial charge in [0, 0.05) is 35.1 Å². The molecule has 39 heavy (non-hydrogen) atoms. The van der Waals surface area contributed by atoms with Crippen molar-refractivity contribution in [3.8, 4) is 0 Å². The molecule has 5 atom stereocenters. The zero-order chi connectivity index (χ0) is 27.6. The van der Waals surface area contributed by atoms with Crippen molar-refractivity contribution in [3.63, 3.8) is 0 Å². The third-order valence-electron chi connectivity index (χ3n) is 8.59. The van der Waals surface area contributed by atoms with Crippen LogP contribution in [-0.4, -0.2) is 48.5 Å². The van der Waals surface area contributed by atoms with Crippen LogP contribution in [0, 0.1) is 5.92 Å². The first-order valence-electron chi connectivity index (χ1n) is 13.9. The molecule has 0 unspecified atom stereocenters. The summed E-state index contributed by atoms with van der Waals surface area (Å²) in [5.41, 5.74) is 6.02. The minimum absolute atomic E-state index is 0.00277. The highest BCUT2D eigenvalue weighted by Crippen LogP contribution is 2.55. The second-order valence-corrected chi connectivity index (χ2v) is 13.1. The molecule has 0 N–H and O–H groups in total. The van der Waals surface area contributed by atoms with Crippen molar-refractivity contribution in [2.45, 2.75) is 70.9 Å². The van der Waals surface area contributed by atoms with Crippen LogP contribution >= 0.6 is 0 Å². The molecule has 206 valence electrons. The maximum atomic E-state index is 13.3. The van der Waals surface area contributed by atoms with E-state index in [1.165, 1.54) is 26.9 Å². The zero-order valence-electron chi connectivity index (χ0n) is 23.1. The third-order valence-corrected chi connectivity index (χ3v) is 9.61. The summed E-state index contributed by atoms with van der Waals surface area (Å²) < 4.78 is 39.4. The number of carbonyl (C=O) groups is 1. The molecule has 3 heterocycles. The molecule has 0 amide bonds. The van der Waals surface area contributed by atoms with Gasteiger partial charge in [0.15, 0.2) is 0 Å². The van der Waals surface area contributed by atoms with Gasteiger partial charge >= 0.3 is 5.97 Å². The van der Waals surface area contributed by atoms with Crippen LogP contribution in [0.4, 0.5) is 0 Å². The lowest BCUT2D eigenvalue weighted by Crippen LogP contribution is -2.45. The molecule has 8 heteroatoms. The molecular weight excluding hydrogens is 512 g/mol. The van der Waals surface area contributed by atoms with Crippen LogP contribution in [0.2, 0.25) is 0 Å². The summed E-state index contributed by atoms with van der Waals surface area (Å²) >= 11 is 0. The molecule has 1 saturated heterocycles. The van der Waals surface area contributed by atoms with Crippen LogP contribution < -0.4 is 0 Å². The van der Waals surface area contributed by atoms with Gasteiger partial charge in [-0.05, 0) is 42.0 Å². The molecule has 1 fully saturated rings. The van der Waals surface area contributed by atoms with Crippen molar-refractivity contribution in [2.24, 2.45) is 5.92 Å². The van der Waals surface area contributed by atoms with Crippen LogP contribution in [0.5, 0.6) is 0 Å². The molecule has 3 aromatic rings. The first-order valence-corrected chi connectivity index (χ1v) is 15.7. The van der Waals surface area contributed by atoms with Crippen LogP contribution in [0.3, 0.4) is 0 Å². The fraction of sp³-hybridized carbons (Fsp3) is 0.452. The van der Waals surface area contributed by atoms with E-state index >= 15 is 0 Å². The average Bonchev–Trinajstić information content (AvgIpc) is 3.57. The summed E-state index contributed by atoms with van der Waals surface area (Å²) in [5, 5.41) is 0.847. The van der Waals surface area contributed by atoms with Crippen LogP contribution in [-0.2, 0) is 30.7 Å². The van der Waals surface area contributed by atoms with Gasteiger partial charge in [-0.3, -0.25) is 4.90 Å². The Morgan fingerprint density at radius 1 is 1.13 bits per heavy atom. The fourth-order valence-electron chi connectivity index (χ4n) is 7.02. The highest BCUT2D eigenvalue weighted by atomic mass is 32.2. The second-order valence-electron chi connectivity index (χ2n) is 11.2. The van der Waals surface area contributed by atoms with E-state index in [9.17, 15) is 13.2 Å². The Morgan fingerprint density at radius 3 is 2.59 bits per heavy atom. The topological polar surface area (TPSA) is 77.8 Å². The quantitative estimate of drug-likeness (QED) is 0.381. The first kappa shape index (κ1) is 26.3. The van der Waals surface area contributed by atoms with E-state index in [1.807, 2.05) is 37.3 Å². The van der Waals surface area contributed by atoms with Crippen LogP contribution in [0.25, 0.3) is 10.9 Å². The van der Waals surface area contributed by atoms with Crippen molar-refractivity contribution in [1.29, 1.82) is 0 Å². The van der Waals surface area contributed by atoms with Gasteiger partial charge in [-0.1, -0.05) is 63.2 Å². The number of carbonyl (C=O) groups excluding carboxylic acids is 1. The monoisotopic (exact) mass is 548 g/mol.